The van der Waals surface area contributed by atoms with Gasteiger partial charge in [0.25, 0.3) is 0 Å². The van der Waals surface area contributed by atoms with Gasteiger partial charge in [-0.2, -0.15) is 0 Å². The maximum atomic E-state index is 9.56. The Morgan fingerprint density at radius 3 is 2.70 bits per heavy atom. The predicted molar refractivity (Wildman–Crippen MR) is 80.6 cm³/mol. The number of fused-ring (bicyclic) bond motifs is 1. The Kier molecular flexibility index (Phi) is 3.61. The molecule has 0 radical (unpaired) electrons. The van der Waals surface area contributed by atoms with Crippen LogP contribution in [0.4, 0.5) is 0 Å². The lowest BCUT2D eigenvalue weighted by atomic mass is 9.95. The Balaban J connectivity index is 1.88. The molecule has 0 aliphatic carbocycles. The molecule has 20 heavy (non-hydrogen) atoms. The van der Waals surface area contributed by atoms with Crippen molar-refractivity contribution in [3.8, 4) is 5.75 Å². The summed E-state index contributed by atoms with van der Waals surface area (Å²) in [7, 11) is 0. The number of nitrogens with zero attached hydrogens (tertiary/aromatic N) is 3. The number of pyridine rings is 1. The molecule has 108 valence electrons. The second-order valence-corrected chi connectivity index (χ2v) is 6.16. The van der Waals surface area contributed by atoms with E-state index in [2.05, 4.69) is 23.7 Å². The van der Waals surface area contributed by atoms with Crippen LogP contribution in [-0.4, -0.2) is 38.5 Å². The van der Waals surface area contributed by atoms with Gasteiger partial charge in [0.05, 0.1) is 5.52 Å². The number of hydrogen-bond donors (Lipinski definition) is 1. The number of aromatic nitrogens is 2. The van der Waals surface area contributed by atoms with Gasteiger partial charge in [0.15, 0.2) is 5.15 Å². The van der Waals surface area contributed by atoms with E-state index in [9.17, 15) is 5.11 Å². The molecule has 0 spiro atoms. The third kappa shape index (κ3) is 2.38. The van der Waals surface area contributed by atoms with Gasteiger partial charge in [-0.3, -0.25) is 0 Å². The van der Waals surface area contributed by atoms with Crippen LogP contribution in [0.2, 0.25) is 5.15 Å². The van der Waals surface area contributed by atoms with Gasteiger partial charge in [-0.15, -0.1) is 0 Å². The van der Waals surface area contributed by atoms with E-state index in [0.717, 1.165) is 37.3 Å². The van der Waals surface area contributed by atoms with Gasteiger partial charge in [0, 0.05) is 24.2 Å². The van der Waals surface area contributed by atoms with E-state index in [1.54, 1.807) is 12.1 Å². The molecular formula is C15H20ClN3O. The molecule has 0 saturated carbocycles. The third-order valence-corrected chi connectivity index (χ3v) is 4.51. The SMILES string of the molecule is CC(C)N1CCC(c2nc(Cl)c3cc(O)ccn23)CC1. The summed E-state index contributed by atoms with van der Waals surface area (Å²) in [6.45, 7) is 6.69. The minimum absolute atomic E-state index is 0.223. The van der Waals surface area contributed by atoms with Crippen LogP contribution in [0.3, 0.4) is 0 Å². The van der Waals surface area contributed by atoms with Crippen molar-refractivity contribution in [3.05, 3.63) is 29.3 Å². The largest absolute Gasteiger partial charge is 0.508 e. The van der Waals surface area contributed by atoms with Gasteiger partial charge in [-0.05, 0) is 45.8 Å². The maximum absolute atomic E-state index is 9.56. The van der Waals surface area contributed by atoms with Crippen LogP contribution >= 0.6 is 11.6 Å². The molecule has 4 nitrogen and oxygen atoms in total. The molecule has 0 bridgehead atoms. The van der Waals surface area contributed by atoms with Gasteiger partial charge < -0.3 is 14.4 Å². The summed E-state index contributed by atoms with van der Waals surface area (Å²) < 4.78 is 2.01. The van der Waals surface area contributed by atoms with E-state index in [0.29, 0.717) is 17.1 Å². The van der Waals surface area contributed by atoms with Crippen LogP contribution in [-0.2, 0) is 0 Å². The van der Waals surface area contributed by atoms with Crippen molar-refractivity contribution in [2.75, 3.05) is 13.1 Å². The Morgan fingerprint density at radius 1 is 1.35 bits per heavy atom. The fraction of sp³-hybridized carbons (Fsp3) is 0.533. The maximum Gasteiger partial charge on any atom is 0.155 e. The Morgan fingerprint density at radius 2 is 2.05 bits per heavy atom. The van der Waals surface area contributed by atoms with Crippen LogP contribution in [0.15, 0.2) is 18.3 Å². The van der Waals surface area contributed by atoms with E-state index in [1.165, 1.54) is 0 Å². The predicted octanol–water partition coefficient (Wildman–Crippen LogP) is 3.28. The van der Waals surface area contributed by atoms with Gasteiger partial charge in [0.1, 0.15) is 11.6 Å². The Hall–Kier alpha value is -1.26. The first-order valence-corrected chi connectivity index (χ1v) is 7.54. The Labute approximate surface area is 124 Å². The molecule has 3 rings (SSSR count). The molecule has 2 aromatic rings. The summed E-state index contributed by atoms with van der Waals surface area (Å²) in [6.07, 6.45) is 4.07. The van der Waals surface area contributed by atoms with Crippen molar-refractivity contribution in [2.45, 2.75) is 38.6 Å². The molecule has 1 N–H and O–H groups in total. The minimum atomic E-state index is 0.223. The normalized spacial score (nSPS) is 18.2. The second-order valence-electron chi connectivity index (χ2n) is 5.80. The number of hydrogen-bond acceptors (Lipinski definition) is 3. The lowest BCUT2D eigenvalue weighted by molar-refractivity contribution is 0.169. The highest BCUT2D eigenvalue weighted by Crippen LogP contribution is 2.32. The highest BCUT2D eigenvalue weighted by molar-refractivity contribution is 6.32. The highest BCUT2D eigenvalue weighted by Gasteiger charge is 2.26. The van der Waals surface area contributed by atoms with Crippen LogP contribution in [0, 0.1) is 0 Å². The first-order chi connectivity index (χ1) is 9.56. The highest BCUT2D eigenvalue weighted by atomic mass is 35.5. The van der Waals surface area contributed by atoms with Crippen LogP contribution < -0.4 is 0 Å². The molecule has 1 saturated heterocycles. The quantitative estimate of drug-likeness (QED) is 0.924. The van der Waals surface area contributed by atoms with Crippen LogP contribution in [0.25, 0.3) is 5.52 Å². The van der Waals surface area contributed by atoms with Crippen LogP contribution in [0.1, 0.15) is 38.4 Å². The van der Waals surface area contributed by atoms with E-state index in [-0.39, 0.29) is 5.75 Å². The summed E-state index contributed by atoms with van der Waals surface area (Å²) in [5.74, 6) is 1.68. The average Bonchev–Trinajstić information content (AvgIpc) is 2.76. The number of halogens is 1. The summed E-state index contributed by atoms with van der Waals surface area (Å²) in [4.78, 5) is 7.02. The van der Waals surface area contributed by atoms with Gasteiger partial charge in [0.2, 0.25) is 0 Å². The summed E-state index contributed by atoms with van der Waals surface area (Å²) in [6, 6.07) is 3.95. The zero-order valence-corrected chi connectivity index (χ0v) is 12.6. The number of imidazole rings is 1. The van der Waals surface area contributed by atoms with Gasteiger partial charge in [-0.1, -0.05) is 11.6 Å². The molecule has 3 heterocycles. The molecule has 2 aromatic heterocycles. The zero-order chi connectivity index (χ0) is 14.3. The molecule has 0 atom stereocenters. The molecular weight excluding hydrogens is 274 g/mol. The first kappa shape index (κ1) is 13.7. The van der Waals surface area contributed by atoms with Crippen molar-refractivity contribution in [1.29, 1.82) is 0 Å². The summed E-state index contributed by atoms with van der Waals surface area (Å²) in [5.41, 5.74) is 0.785. The van der Waals surface area contributed by atoms with Crippen molar-refractivity contribution in [2.24, 2.45) is 0 Å². The number of piperidine rings is 1. The first-order valence-electron chi connectivity index (χ1n) is 7.17. The summed E-state index contributed by atoms with van der Waals surface area (Å²) in [5, 5.41) is 10.0. The lowest BCUT2D eigenvalue weighted by Gasteiger charge is -2.34. The Bertz CT molecular complexity index is 615. The van der Waals surface area contributed by atoms with Crippen LogP contribution in [0.5, 0.6) is 5.75 Å². The number of rotatable bonds is 2. The average molecular weight is 294 g/mol. The second kappa shape index (κ2) is 5.26. The molecule has 5 heteroatoms. The van der Waals surface area contributed by atoms with Gasteiger partial charge >= 0.3 is 0 Å². The number of aromatic hydroxyl groups is 1. The minimum Gasteiger partial charge on any atom is -0.508 e. The molecule has 1 fully saturated rings. The van der Waals surface area contributed by atoms with E-state index >= 15 is 0 Å². The lowest BCUT2D eigenvalue weighted by Crippen LogP contribution is -2.38. The molecule has 0 aromatic carbocycles. The molecule has 0 unspecified atom stereocenters. The summed E-state index contributed by atoms with van der Waals surface area (Å²) >= 11 is 6.19. The van der Waals surface area contributed by atoms with Gasteiger partial charge in [-0.25, -0.2) is 4.98 Å². The molecule has 0 amide bonds. The third-order valence-electron chi connectivity index (χ3n) is 4.23. The monoisotopic (exact) mass is 293 g/mol. The fourth-order valence-corrected chi connectivity index (χ4v) is 3.25. The fourth-order valence-electron chi connectivity index (χ4n) is 3.02. The smallest absolute Gasteiger partial charge is 0.155 e. The van der Waals surface area contributed by atoms with E-state index in [1.807, 2.05) is 10.6 Å². The van der Waals surface area contributed by atoms with Crippen molar-refractivity contribution in [1.82, 2.24) is 14.3 Å². The van der Waals surface area contributed by atoms with Crippen molar-refractivity contribution in [3.63, 3.8) is 0 Å². The van der Waals surface area contributed by atoms with Crippen molar-refractivity contribution >= 4 is 17.1 Å². The zero-order valence-electron chi connectivity index (χ0n) is 11.9. The van der Waals surface area contributed by atoms with Crippen molar-refractivity contribution < 1.29 is 5.11 Å². The molecule has 1 aliphatic heterocycles. The topological polar surface area (TPSA) is 40.8 Å². The standard InChI is InChI=1S/C15H20ClN3O/c1-10(2)18-6-3-11(4-7-18)15-17-14(16)13-9-12(20)5-8-19(13)15/h5,8-11,20H,3-4,6-7H2,1-2H3. The van der Waals surface area contributed by atoms with E-state index < -0.39 is 0 Å². The molecule has 1 aliphatic rings. The van der Waals surface area contributed by atoms with E-state index in [4.69, 9.17) is 11.6 Å². The number of likely N-dealkylation sites (tertiary alicyclic amines) is 1.